The van der Waals surface area contributed by atoms with Gasteiger partial charge in [-0.25, -0.2) is 8.42 Å². The lowest BCUT2D eigenvalue weighted by Crippen LogP contribution is -2.34. The third kappa shape index (κ3) is 3.08. The lowest BCUT2D eigenvalue weighted by molar-refractivity contribution is 0.277. The van der Waals surface area contributed by atoms with Gasteiger partial charge in [-0.05, 0) is 21.0 Å². The van der Waals surface area contributed by atoms with Crippen LogP contribution < -0.4 is 0 Å². The number of nitrogens with one attached hydrogen (secondary N) is 1. The molecule has 104 valence electrons. The van der Waals surface area contributed by atoms with Crippen LogP contribution in [0.3, 0.4) is 0 Å². The molecule has 1 heterocycles. The number of H-pyrrole nitrogens is 1. The van der Waals surface area contributed by atoms with Gasteiger partial charge >= 0.3 is 0 Å². The second kappa shape index (κ2) is 5.79. The van der Waals surface area contributed by atoms with E-state index < -0.39 is 10.0 Å². The van der Waals surface area contributed by atoms with Crippen LogP contribution in [0.5, 0.6) is 0 Å². The largest absolute Gasteiger partial charge is 0.392 e. The van der Waals surface area contributed by atoms with Crippen LogP contribution in [-0.4, -0.2) is 67.2 Å². The van der Waals surface area contributed by atoms with Crippen molar-refractivity contribution in [2.24, 2.45) is 0 Å². The zero-order valence-corrected chi connectivity index (χ0v) is 12.0. The van der Waals surface area contributed by atoms with Crippen LogP contribution >= 0.6 is 0 Å². The number of aromatic amines is 1. The number of aromatic nitrogens is 2. The Balaban J connectivity index is 2.98. The number of aliphatic hydroxyl groups excluding tert-OH is 1. The Morgan fingerprint density at radius 1 is 1.28 bits per heavy atom. The molecule has 1 rings (SSSR count). The maximum absolute atomic E-state index is 12.3. The molecule has 0 unspecified atom stereocenters. The van der Waals surface area contributed by atoms with Gasteiger partial charge in [-0.1, -0.05) is 0 Å². The molecule has 1 aromatic heterocycles. The summed E-state index contributed by atoms with van der Waals surface area (Å²) in [6, 6.07) is 0. The summed E-state index contributed by atoms with van der Waals surface area (Å²) in [7, 11) is 1.60. The second-order valence-corrected chi connectivity index (χ2v) is 6.38. The zero-order valence-electron chi connectivity index (χ0n) is 11.1. The number of nitrogens with zero attached hydrogens (tertiary/aromatic N) is 3. The maximum Gasteiger partial charge on any atom is 0.262 e. The van der Waals surface area contributed by atoms with Gasteiger partial charge in [-0.3, -0.25) is 5.10 Å². The highest BCUT2D eigenvalue weighted by atomic mass is 32.2. The standard InChI is InChI=1S/C10H20N4O3S/c1-8-9(7-15)10(12-11-8)18(16,17)14(4)6-5-13(2)3/h15H,5-7H2,1-4H3,(H,11,12). The van der Waals surface area contributed by atoms with E-state index in [1.165, 1.54) is 11.4 Å². The van der Waals surface area contributed by atoms with Gasteiger partial charge in [0.1, 0.15) is 0 Å². The topological polar surface area (TPSA) is 89.5 Å². The molecule has 0 aliphatic carbocycles. The van der Waals surface area contributed by atoms with Crippen molar-refractivity contribution < 1.29 is 13.5 Å². The van der Waals surface area contributed by atoms with Gasteiger partial charge in [0.05, 0.1) is 6.61 Å². The average molecular weight is 276 g/mol. The van der Waals surface area contributed by atoms with Crippen molar-refractivity contribution in [3.05, 3.63) is 11.3 Å². The van der Waals surface area contributed by atoms with Gasteiger partial charge in [0, 0.05) is 31.4 Å². The van der Waals surface area contributed by atoms with Crippen LogP contribution in [0, 0.1) is 6.92 Å². The molecule has 0 bridgehead atoms. The highest BCUT2D eigenvalue weighted by molar-refractivity contribution is 7.89. The van der Waals surface area contributed by atoms with E-state index in [0.29, 0.717) is 24.3 Å². The molecule has 8 heteroatoms. The highest BCUT2D eigenvalue weighted by Gasteiger charge is 2.27. The van der Waals surface area contributed by atoms with Crippen LogP contribution in [0.4, 0.5) is 0 Å². The molecule has 18 heavy (non-hydrogen) atoms. The molecule has 0 spiro atoms. The first-order chi connectivity index (χ1) is 8.30. The molecule has 0 aromatic carbocycles. The Labute approximate surface area is 107 Å². The molecular formula is C10H20N4O3S. The van der Waals surface area contributed by atoms with Crippen molar-refractivity contribution in [3.8, 4) is 0 Å². The monoisotopic (exact) mass is 276 g/mol. The van der Waals surface area contributed by atoms with Crippen LogP contribution in [-0.2, 0) is 16.6 Å². The smallest absolute Gasteiger partial charge is 0.262 e. The molecule has 2 N–H and O–H groups in total. The molecule has 0 fully saturated rings. The number of rotatable bonds is 6. The fourth-order valence-corrected chi connectivity index (χ4v) is 2.75. The maximum atomic E-state index is 12.3. The summed E-state index contributed by atoms with van der Waals surface area (Å²) in [6.07, 6.45) is 0. The van der Waals surface area contributed by atoms with Gasteiger partial charge in [0.2, 0.25) is 0 Å². The Hall–Kier alpha value is -0.960. The van der Waals surface area contributed by atoms with Crippen molar-refractivity contribution in [1.82, 2.24) is 19.4 Å². The van der Waals surface area contributed by atoms with Crippen molar-refractivity contribution in [1.29, 1.82) is 0 Å². The molecule has 7 nitrogen and oxygen atoms in total. The first-order valence-electron chi connectivity index (χ1n) is 5.56. The van der Waals surface area contributed by atoms with E-state index in [9.17, 15) is 13.5 Å². The predicted octanol–water partition coefficient (Wildman–Crippen LogP) is -0.607. The highest BCUT2D eigenvalue weighted by Crippen LogP contribution is 2.19. The van der Waals surface area contributed by atoms with Gasteiger partial charge in [0.25, 0.3) is 10.0 Å². The van der Waals surface area contributed by atoms with E-state index in [0.717, 1.165) is 0 Å². The zero-order chi connectivity index (χ0) is 13.9. The number of sulfonamides is 1. The first kappa shape index (κ1) is 15.1. The normalized spacial score (nSPS) is 12.6. The van der Waals surface area contributed by atoms with E-state index in [1.807, 2.05) is 19.0 Å². The van der Waals surface area contributed by atoms with E-state index in [2.05, 4.69) is 10.2 Å². The molecule has 1 aromatic rings. The van der Waals surface area contributed by atoms with E-state index in [1.54, 1.807) is 6.92 Å². The quantitative estimate of drug-likeness (QED) is 0.723. The van der Waals surface area contributed by atoms with Crippen LogP contribution in [0.25, 0.3) is 0 Å². The summed E-state index contributed by atoms with van der Waals surface area (Å²) in [6.45, 7) is 2.31. The summed E-state index contributed by atoms with van der Waals surface area (Å²) in [5.74, 6) is 0. The summed E-state index contributed by atoms with van der Waals surface area (Å²) < 4.78 is 25.7. The van der Waals surface area contributed by atoms with E-state index in [4.69, 9.17) is 0 Å². The summed E-state index contributed by atoms with van der Waals surface area (Å²) in [4.78, 5) is 1.90. The van der Waals surface area contributed by atoms with Crippen molar-refractivity contribution in [3.63, 3.8) is 0 Å². The fraction of sp³-hybridized carbons (Fsp3) is 0.700. The summed E-state index contributed by atoms with van der Waals surface area (Å²) in [5, 5.41) is 15.5. The van der Waals surface area contributed by atoms with Gasteiger partial charge < -0.3 is 10.0 Å². The third-order valence-corrected chi connectivity index (χ3v) is 4.54. The Morgan fingerprint density at radius 3 is 2.39 bits per heavy atom. The molecule has 0 amide bonds. The molecule has 0 radical (unpaired) electrons. The second-order valence-electron chi connectivity index (χ2n) is 4.42. The number of hydrogen-bond donors (Lipinski definition) is 2. The molecule has 0 saturated carbocycles. The number of aliphatic hydroxyl groups is 1. The van der Waals surface area contributed by atoms with Crippen molar-refractivity contribution in [2.75, 3.05) is 34.2 Å². The lowest BCUT2D eigenvalue weighted by atomic mass is 10.3. The minimum atomic E-state index is -3.65. The third-order valence-electron chi connectivity index (χ3n) is 2.71. The summed E-state index contributed by atoms with van der Waals surface area (Å²) >= 11 is 0. The average Bonchev–Trinajstić information content (AvgIpc) is 2.67. The predicted molar refractivity (Wildman–Crippen MR) is 67.6 cm³/mol. The number of likely N-dealkylation sites (N-methyl/N-ethyl adjacent to an activating group) is 2. The van der Waals surface area contributed by atoms with Gasteiger partial charge in [-0.2, -0.15) is 9.40 Å². The molecule has 0 saturated heterocycles. The Morgan fingerprint density at radius 2 is 1.89 bits per heavy atom. The molecule has 0 atom stereocenters. The Kier molecular flexibility index (Phi) is 4.85. The Bertz CT molecular complexity index is 495. The van der Waals surface area contributed by atoms with Crippen LogP contribution in [0.2, 0.25) is 0 Å². The SMILES string of the molecule is Cc1[nH]nc(S(=O)(=O)N(C)CCN(C)C)c1CO. The minimum Gasteiger partial charge on any atom is -0.392 e. The molecular weight excluding hydrogens is 256 g/mol. The number of aryl methyl sites for hydroxylation is 1. The lowest BCUT2D eigenvalue weighted by Gasteiger charge is -2.18. The fourth-order valence-electron chi connectivity index (χ4n) is 1.44. The van der Waals surface area contributed by atoms with Gasteiger partial charge in [-0.15, -0.1) is 0 Å². The first-order valence-corrected chi connectivity index (χ1v) is 7.00. The number of hydrogen-bond acceptors (Lipinski definition) is 5. The van der Waals surface area contributed by atoms with Gasteiger partial charge in [0.15, 0.2) is 5.03 Å². The summed E-state index contributed by atoms with van der Waals surface area (Å²) in [5.41, 5.74) is 0.892. The van der Waals surface area contributed by atoms with Crippen molar-refractivity contribution >= 4 is 10.0 Å². The van der Waals surface area contributed by atoms with E-state index in [-0.39, 0.29) is 11.6 Å². The van der Waals surface area contributed by atoms with E-state index >= 15 is 0 Å². The van der Waals surface area contributed by atoms with Crippen molar-refractivity contribution in [2.45, 2.75) is 18.6 Å². The minimum absolute atomic E-state index is 0.0937. The van der Waals surface area contributed by atoms with Crippen LogP contribution in [0.15, 0.2) is 5.03 Å². The van der Waals surface area contributed by atoms with Crippen LogP contribution in [0.1, 0.15) is 11.3 Å². The molecule has 0 aliphatic heterocycles. The molecule has 0 aliphatic rings.